The van der Waals surface area contributed by atoms with E-state index in [1.165, 1.54) is 0 Å². The van der Waals surface area contributed by atoms with Gasteiger partial charge >= 0.3 is 0 Å². The van der Waals surface area contributed by atoms with Gasteiger partial charge in [-0.2, -0.15) is 0 Å². The van der Waals surface area contributed by atoms with E-state index in [1.54, 1.807) is 0 Å². The third kappa shape index (κ3) is 5.49. The molecular formula is C19H30N2O3. The van der Waals surface area contributed by atoms with Crippen LogP contribution in [0.25, 0.3) is 0 Å². The van der Waals surface area contributed by atoms with E-state index in [1.807, 2.05) is 31.2 Å². The van der Waals surface area contributed by atoms with Crippen LogP contribution in [0.3, 0.4) is 0 Å². The number of carbonyl (C=O) groups is 1. The average molecular weight is 334 g/mol. The molecule has 0 aromatic heterocycles. The van der Waals surface area contributed by atoms with Crippen molar-refractivity contribution in [2.75, 3.05) is 19.8 Å². The van der Waals surface area contributed by atoms with Crippen LogP contribution in [0, 0.1) is 11.8 Å². The Labute approximate surface area is 144 Å². The van der Waals surface area contributed by atoms with Crippen LogP contribution in [0.15, 0.2) is 24.3 Å². The van der Waals surface area contributed by atoms with Crippen molar-refractivity contribution >= 4 is 5.91 Å². The lowest BCUT2D eigenvalue weighted by molar-refractivity contribution is -0.125. The molecule has 5 heteroatoms. The molecule has 0 aliphatic carbocycles. The van der Waals surface area contributed by atoms with Gasteiger partial charge in [0.1, 0.15) is 5.75 Å². The summed E-state index contributed by atoms with van der Waals surface area (Å²) < 4.78 is 11.0. The summed E-state index contributed by atoms with van der Waals surface area (Å²) in [6, 6.07) is 7.31. The number of nitrogens with two attached hydrogens (primary N) is 1. The highest BCUT2D eigenvalue weighted by atomic mass is 16.5. The van der Waals surface area contributed by atoms with Gasteiger partial charge in [-0.05, 0) is 49.3 Å². The predicted molar refractivity (Wildman–Crippen MR) is 94.9 cm³/mol. The number of hydrogen-bond acceptors (Lipinski definition) is 4. The zero-order valence-corrected chi connectivity index (χ0v) is 15.0. The van der Waals surface area contributed by atoms with E-state index in [9.17, 15) is 4.79 Å². The molecule has 0 radical (unpaired) electrons. The van der Waals surface area contributed by atoms with Crippen molar-refractivity contribution in [2.24, 2.45) is 17.6 Å². The van der Waals surface area contributed by atoms with Crippen LogP contribution in [0.4, 0.5) is 0 Å². The fraction of sp³-hybridized carbons (Fsp3) is 0.632. The fourth-order valence-electron chi connectivity index (χ4n) is 2.80. The highest BCUT2D eigenvalue weighted by Crippen LogP contribution is 2.20. The Hall–Kier alpha value is -1.59. The number of nitrogens with one attached hydrogen (secondary N) is 1. The van der Waals surface area contributed by atoms with Crippen LogP contribution in [0.2, 0.25) is 0 Å². The SMILES string of the molecule is CC(C)COc1ccc(C(C)NC(=O)C(N)C2CCOCC2)cc1. The summed E-state index contributed by atoms with van der Waals surface area (Å²) in [4.78, 5) is 12.4. The molecule has 1 heterocycles. The van der Waals surface area contributed by atoms with E-state index in [-0.39, 0.29) is 17.9 Å². The monoisotopic (exact) mass is 334 g/mol. The van der Waals surface area contributed by atoms with Gasteiger partial charge in [-0.3, -0.25) is 4.79 Å². The minimum absolute atomic E-state index is 0.0810. The van der Waals surface area contributed by atoms with Crippen molar-refractivity contribution in [3.8, 4) is 5.75 Å². The van der Waals surface area contributed by atoms with E-state index in [4.69, 9.17) is 15.2 Å². The van der Waals surface area contributed by atoms with Crippen LogP contribution in [0.5, 0.6) is 5.75 Å². The first kappa shape index (κ1) is 18.7. The molecule has 1 aliphatic rings. The maximum Gasteiger partial charge on any atom is 0.237 e. The van der Waals surface area contributed by atoms with Crippen molar-refractivity contribution < 1.29 is 14.3 Å². The molecule has 1 amide bonds. The molecule has 5 nitrogen and oxygen atoms in total. The van der Waals surface area contributed by atoms with Crippen LogP contribution < -0.4 is 15.8 Å². The van der Waals surface area contributed by atoms with Crippen LogP contribution in [-0.4, -0.2) is 31.8 Å². The molecule has 3 N–H and O–H groups in total. The minimum atomic E-state index is -0.468. The van der Waals surface area contributed by atoms with E-state index in [2.05, 4.69) is 19.2 Å². The highest BCUT2D eigenvalue weighted by Gasteiger charge is 2.27. The highest BCUT2D eigenvalue weighted by molar-refractivity contribution is 5.82. The van der Waals surface area contributed by atoms with E-state index < -0.39 is 6.04 Å². The Balaban J connectivity index is 1.86. The van der Waals surface area contributed by atoms with E-state index in [0.717, 1.165) is 24.2 Å². The second-order valence-electron chi connectivity index (χ2n) is 6.98. The summed E-state index contributed by atoms with van der Waals surface area (Å²) in [5, 5.41) is 3.02. The fourth-order valence-corrected chi connectivity index (χ4v) is 2.80. The van der Waals surface area contributed by atoms with Crippen molar-refractivity contribution in [2.45, 2.75) is 45.7 Å². The standard InChI is InChI=1S/C19H30N2O3/c1-13(2)12-24-17-6-4-15(5-7-17)14(3)21-19(22)18(20)16-8-10-23-11-9-16/h4-7,13-14,16,18H,8-12,20H2,1-3H3,(H,21,22). The van der Waals surface area contributed by atoms with Crippen molar-refractivity contribution in [3.63, 3.8) is 0 Å². The first-order valence-corrected chi connectivity index (χ1v) is 8.84. The Morgan fingerprint density at radius 2 is 1.88 bits per heavy atom. The molecule has 0 saturated carbocycles. The number of ether oxygens (including phenoxy) is 2. The minimum Gasteiger partial charge on any atom is -0.493 e. The summed E-state index contributed by atoms with van der Waals surface area (Å²) in [5.41, 5.74) is 7.16. The summed E-state index contributed by atoms with van der Waals surface area (Å²) in [6.07, 6.45) is 1.70. The summed E-state index contributed by atoms with van der Waals surface area (Å²) >= 11 is 0. The molecule has 0 bridgehead atoms. The number of carbonyl (C=O) groups excluding carboxylic acids is 1. The van der Waals surface area contributed by atoms with Gasteiger partial charge in [0.2, 0.25) is 5.91 Å². The normalized spacial score (nSPS) is 18.2. The largest absolute Gasteiger partial charge is 0.493 e. The smallest absolute Gasteiger partial charge is 0.237 e. The molecule has 1 aromatic carbocycles. The molecule has 24 heavy (non-hydrogen) atoms. The van der Waals surface area contributed by atoms with Gasteiger partial charge in [0.05, 0.1) is 18.7 Å². The molecule has 134 valence electrons. The van der Waals surface area contributed by atoms with Gasteiger partial charge in [0.15, 0.2) is 0 Å². The topological polar surface area (TPSA) is 73.6 Å². The van der Waals surface area contributed by atoms with Crippen molar-refractivity contribution in [3.05, 3.63) is 29.8 Å². The molecular weight excluding hydrogens is 304 g/mol. The number of amides is 1. The predicted octanol–water partition coefficient (Wildman–Crippen LogP) is 2.65. The van der Waals surface area contributed by atoms with Gasteiger partial charge in [0.25, 0.3) is 0 Å². The third-order valence-electron chi connectivity index (χ3n) is 4.40. The Bertz CT molecular complexity index is 510. The Morgan fingerprint density at radius 1 is 1.25 bits per heavy atom. The molecule has 2 atom stereocenters. The molecule has 2 rings (SSSR count). The molecule has 1 aliphatic heterocycles. The number of benzene rings is 1. The van der Waals surface area contributed by atoms with Gasteiger partial charge in [0, 0.05) is 13.2 Å². The van der Waals surface area contributed by atoms with Crippen LogP contribution in [-0.2, 0) is 9.53 Å². The van der Waals surface area contributed by atoms with Crippen LogP contribution >= 0.6 is 0 Å². The molecule has 1 fully saturated rings. The van der Waals surface area contributed by atoms with Gasteiger partial charge in [-0.15, -0.1) is 0 Å². The first-order valence-electron chi connectivity index (χ1n) is 8.84. The Kier molecular flexibility index (Phi) is 7.06. The zero-order chi connectivity index (χ0) is 17.5. The first-order chi connectivity index (χ1) is 11.5. The lowest BCUT2D eigenvalue weighted by Gasteiger charge is -2.28. The van der Waals surface area contributed by atoms with Gasteiger partial charge < -0.3 is 20.5 Å². The summed E-state index contributed by atoms with van der Waals surface area (Å²) in [6.45, 7) is 8.30. The second kappa shape index (κ2) is 9.04. The maximum atomic E-state index is 12.4. The maximum absolute atomic E-state index is 12.4. The van der Waals surface area contributed by atoms with Crippen molar-refractivity contribution in [1.29, 1.82) is 0 Å². The van der Waals surface area contributed by atoms with Gasteiger partial charge in [-0.25, -0.2) is 0 Å². The molecule has 1 aromatic rings. The zero-order valence-electron chi connectivity index (χ0n) is 15.0. The Morgan fingerprint density at radius 3 is 2.46 bits per heavy atom. The van der Waals surface area contributed by atoms with Crippen LogP contribution in [0.1, 0.15) is 45.2 Å². The van der Waals surface area contributed by atoms with Gasteiger partial charge in [-0.1, -0.05) is 26.0 Å². The van der Waals surface area contributed by atoms with E-state index in [0.29, 0.717) is 25.7 Å². The lowest BCUT2D eigenvalue weighted by atomic mass is 9.91. The third-order valence-corrected chi connectivity index (χ3v) is 4.40. The number of hydrogen-bond donors (Lipinski definition) is 2. The molecule has 1 saturated heterocycles. The van der Waals surface area contributed by atoms with E-state index >= 15 is 0 Å². The number of rotatable bonds is 7. The molecule has 2 unspecified atom stereocenters. The average Bonchev–Trinajstić information content (AvgIpc) is 2.60. The summed E-state index contributed by atoms with van der Waals surface area (Å²) in [7, 11) is 0. The summed E-state index contributed by atoms with van der Waals surface area (Å²) in [5.74, 6) is 1.46. The second-order valence-corrected chi connectivity index (χ2v) is 6.98. The lowest BCUT2D eigenvalue weighted by Crippen LogP contribution is -2.47. The van der Waals surface area contributed by atoms with Crippen molar-refractivity contribution in [1.82, 2.24) is 5.32 Å². The molecule has 0 spiro atoms. The quantitative estimate of drug-likeness (QED) is 0.804.